The highest BCUT2D eigenvalue weighted by atomic mass is 32.1. The zero-order chi connectivity index (χ0) is 14.6. The van der Waals surface area contributed by atoms with Crippen molar-refractivity contribution in [2.75, 3.05) is 6.61 Å². The average Bonchev–Trinajstić information content (AvgIpc) is 2.85. The van der Waals surface area contributed by atoms with Crippen LogP contribution in [0.1, 0.15) is 33.2 Å². The zero-order valence-electron chi connectivity index (χ0n) is 10.3. The molecule has 1 aromatic rings. The van der Waals surface area contributed by atoms with Crippen LogP contribution in [0.15, 0.2) is 12.1 Å². The van der Waals surface area contributed by atoms with Crippen LogP contribution in [0.3, 0.4) is 0 Å². The number of hydrogen-bond donors (Lipinski definition) is 0. The van der Waals surface area contributed by atoms with Crippen LogP contribution in [0.25, 0.3) is 0 Å². The predicted molar refractivity (Wildman–Crippen MR) is 64.8 cm³/mol. The maximum atomic E-state index is 12.2. The standard InChI is InChI=1S/C12H12F2O4S/c1-3-18-12(17)8-5-4-7(19-8)9(15)6(2)10(16)11(13)14/h4-6,11H,3H2,1-2H3. The van der Waals surface area contributed by atoms with E-state index in [1.54, 1.807) is 6.92 Å². The van der Waals surface area contributed by atoms with Gasteiger partial charge in [-0.3, -0.25) is 9.59 Å². The summed E-state index contributed by atoms with van der Waals surface area (Å²) in [5, 5.41) is 0. The van der Waals surface area contributed by atoms with Gasteiger partial charge < -0.3 is 4.74 Å². The van der Waals surface area contributed by atoms with E-state index in [1.807, 2.05) is 0 Å². The van der Waals surface area contributed by atoms with Crippen LogP contribution < -0.4 is 0 Å². The molecule has 0 N–H and O–H groups in total. The molecule has 0 aliphatic heterocycles. The smallest absolute Gasteiger partial charge is 0.348 e. The van der Waals surface area contributed by atoms with E-state index in [9.17, 15) is 23.2 Å². The molecule has 0 aliphatic rings. The fraction of sp³-hybridized carbons (Fsp3) is 0.417. The van der Waals surface area contributed by atoms with E-state index in [2.05, 4.69) is 0 Å². The number of halogens is 2. The third kappa shape index (κ3) is 3.66. The van der Waals surface area contributed by atoms with Gasteiger partial charge in [0, 0.05) is 0 Å². The van der Waals surface area contributed by atoms with Gasteiger partial charge in [-0.2, -0.15) is 0 Å². The van der Waals surface area contributed by atoms with E-state index in [4.69, 9.17) is 4.74 Å². The quantitative estimate of drug-likeness (QED) is 0.459. The largest absolute Gasteiger partial charge is 0.462 e. The molecule has 1 heterocycles. The molecule has 0 radical (unpaired) electrons. The third-order valence-electron chi connectivity index (χ3n) is 2.36. The lowest BCUT2D eigenvalue weighted by molar-refractivity contribution is -0.131. The van der Waals surface area contributed by atoms with Crippen molar-refractivity contribution in [3.05, 3.63) is 21.9 Å². The van der Waals surface area contributed by atoms with Crippen LogP contribution in [0, 0.1) is 5.92 Å². The van der Waals surface area contributed by atoms with Gasteiger partial charge >= 0.3 is 5.97 Å². The Kier molecular flexibility index (Phi) is 5.29. The SMILES string of the molecule is CCOC(=O)c1ccc(C(=O)C(C)C(=O)C(F)F)s1. The highest BCUT2D eigenvalue weighted by molar-refractivity contribution is 7.16. The number of alkyl halides is 2. The van der Waals surface area contributed by atoms with E-state index in [-0.39, 0.29) is 16.4 Å². The zero-order valence-corrected chi connectivity index (χ0v) is 11.1. The first-order valence-electron chi connectivity index (χ1n) is 5.51. The lowest BCUT2D eigenvalue weighted by Gasteiger charge is -2.06. The average molecular weight is 290 g/mol. The van der Waals surface area contributed by atoms with Crippen molar-refractivity contribution in [2.24, 2.45) is 5.92 Å². The van der Waals surface area contributed by atoms with Crippen molar-refractivity contribution in [3.8, 4) is 0 Å². The van der Waals surface area contributed by atoms with Crippen LogP contribution in [-0.2, 0) is 9.53 Å². The van der Waals surface area contributed by atoms with Crippen molar-refractivity contribution >= 4 is 28.9 Å². The van der Waals surface area contributed by atoms with Crippen LogP contribution in [0.2, 0.25) is 0 Å². The third-order valence-corrected chi connectivity index (χ3v) is 3.44. The number of rotatable bonds is 6. The monoisotopic (exact) mass is 290 g/mol. The molecule has 0 amide bonds. The molecule has 0 aliphatic carbocycles. The number of thiophene rings is 1. The van der Waals surface area contributed by atoms with Gasteiger partial charge in [-0.15, -0.1) is 11.3 Å². The van der Waals surface area contributed by atoms with Gasteiger partial charge in [-0.25, -0.2) is 13.6 Å². The van der Waals surface area contributed by atoms with Gasteiger partial charge in [-0.1, -0.05) is 0 Å². The Hall–Kier alpha value is -1.63. The number of Topliss-reactive ketones (excluding diaryl/α,β-unsaturated/α-hetero) is 2. The Labute approximate surface area is 112 Å². The van der Waals surface area contributed by atoms with Gasteiger partial charge in [0.15, 0.2) is 5.78 Å². The molecule has 1 unspecified atom stereocenters. The minimum atomic E-state index is -3.18. The molecule has 0 spiro atoms. The number of ketones is 2. The summed E-state index contributed by atoms with van der Waals surface area (Å²) < 4.78 is 29.2. The normalized spacial score (nSPS) is 12.3. The van der Waals surface area contributed by atoms with E-state index < -0.39 is 29.9 Å². The molecule has 0 aromatic carbocycles. The van der Waals surface area contributed by atoms with E-state index in [1.165, 1.54) is 12.1 Å². The van der Waals surface area contributed by atoms with E-state index in [0.29, 0.717) is 0 Å². The molecule has 104 valence electrons. The highest BCUT2D eigenvalue weighted by Gasteiger charge is 2.30. The van der Waals surface area contributed by atoms with E-state index >= 15 is 0 Å². The van der Waals surface area contributed by atoms with Crippen molar-refractivity contribution in [1.29, 1.82) is 0 Å². The Morgan fingerprint density at radius 2 is 1.84 bits per heavy atom. The molecule has 1 rings (SSSR count). The molecule has 0 bridgehead atoms. The maximum absolute atomic E-state index is 12.2. The summed E-state index contributed by atoms with van der Waals surface area (Å²) in [4.78, 5) is 34.5. The molecule has 0 fully saturated rings. The second-order valence-corrected chi connectivity index (χ2v) is 4.76. The highest BCUT2D eigenvalue weighted by Crippen LogP contribution is 2.22. The van der Waals surface area contributed by atoms with Crippen LogP contribution in [0.4, 0.5) is 8.78 Å². The number of carbonyl (C=O) groups excluding carboxylic acids is 3. The summed E-state index contributed by atoms with van der Waals surface area (Å²) in [7, 11) is 0. The molecule has 0 saturated heterocycles. The maximum Gasteiger partial charge on any atom is 0.348 e. The minimum absolute atomic E-state index is 0.0875. The summed E-state index contributed by atoms with van der Waals surface area (Å²) in [5.74, 6) is -4.14. The van der Waals surface area contributed by atoms with Crippen LogP contribution >= 0.6 is 11.3 Å². The molecule has 1 aromatic heterocycles. The van der Waals surface area contributed by atoms with Crippen LogP contribution in [-0.4, -0.2) is 30.6 Å². The molecular weight excluding hydrogens is 278 g/mol. The number of ether oxygens (including phenoxy) is 1. The van der Waals surface area contributed by atoms with Crippen molar-refractivity contribution in [3.63, 3.8) is 0 Å². The summed E-state index contributed by atoms with van der Waals surface area (Å²) >= 11 is 0.825. The predicted octanol–water partition coefficient (Wildman–Crippen LogP) is 2.58. The lowest BCUT2D eigenvalue weighted by atomic mass is 10.0. The molecule has 4 nitrogen and oxygen atoms in total. The van der Waals surface area contributed by atoms with Gasteiger partial charge in [0.2, 0.25) is 5.78 Å². The van der Waals surface area contributed by atoms with Gasteiger partial charge in [0.05, 0.1) is 17.4 Å². The first-order chi connectivity index (χ1) is 8.88. The Balaban J connectivity index is 2.84. The van der Waals surface area contributed by atoms with Gasteiger partial charge in [0.25, 0.3) is 6.43 Å². The summed E-state index contributed by atoms with van der Waals surface area (Å²) in [6, 6.07) is 2.70. The first-order valence-corrected chi connectivity index (χ1v) is 6.33. The van der Waals surface area contributed by atoms with Crippen LogP contribution in [0.5, 0.6) is 0 Å². The number of hydrogen-bond acceptors (Lipinski definition) is 5. The second-order valence-electron chi connectivity index (χ2n) is 3.67. The molecule has 1 atom stereocenters. The Morgan fingerprint density at radius 1 is 1.26 bits per heavy atom. The van der Waals surface area contributed by atoms with E-state index in [0.717, 1.165) is 18.3 Å². The fourth-order valence-electron chi connectivity index (χ4n) is 1.31. The van der Waals surface area contributed by atoms with Gasteiger partial charge in [0.1, 0.15) is 4.88 Å². The lowest BCUT2D eigenvalue weighted by Crippen LogP contribution is -2.26. The van der Waals surface area contributed by atoms with Crippen molar-refractivity contribution in [1.82, 2.24) is 0 Å². The topological polar surface area (TPSA) is 60.4 Å². The Bertz CT molecular complexity index is 496. The van der Waals surface area contributed by atoms with Crippen molar-refractivity contribution < 1.29 is 27.9 Å². The van der Waals surface area contributed by atoms with Crippen molar-refractivity contribution in [2.45, 2.75) is 20.3 Å². The molecule has 0 saturated carbocycles. The minimum Gasteiger partial charge on any atom is -0.462 e. The second kappa shape index (κ2) is 6.51. The summed E-state index contributed by atoms with van der Waals surface area (Å²) in [6.07, 6.45) is -3.18. The molecule has 7 heteroatoms. The first kappa shape index (κ1) is 15.4. The van der Waals surface area contributed by atoms with Gasteiger partial charge in [-0.05, 0) is 26.0 Å². The number of carbonyl (C=O) groups is 3. The Morgan fingerprint density at radius 3 is 2.37 bits per heavy atom. The molecular formula is C12H12F2O4S. The summed E-state index contributed by atoms with van der Waals surface area (Å²) in [5.41, 5.74) is 0. The molecule has 19 heavy (non-hydrogen) atoms. The number of esters is 1. The fourth-order valence-corrected chi connectivity index (χ4v) is 2.24. The summed E-state index contributed by atoms with van der Waals surface area (Å²) in [6.45, 7) is 2.96.